The molecule has 2 aromatic rings. The van der Waals surface area contributed by atoms with E-state index in [0.717, 1.165) is 49.0 Å². The first-order chi connectivity index (χ1) is 12.3. The van der Waals surface area contributed by atoms with Gasteiger partial charge in [0.15, 0.2) is 17.5 Å². The van der Waals surface area contributed by atoms with Gasteiger partial charge in [0.05, 0.1) is 13.2 Å². The number of guanidine groups is 1. The molecule has 0 fully saturated rings. The molecule has 0 bridgehead atoms. The molecule has 0 unspecified atom stereocenters. The smallest absolute Gasteiger partial charge is 0.195 e. The van der Waals surface area contributed by atoms with E-state index in [4.69, 9.17) is 9.47 Å². The quantitative estimate of drug-likeness (QED) is 0.498. The van der Waals surface area contributed by atoms with Gasteiger partial charge >= 0.3 is 0 Å². The van der Waals surface area contributed by atoms with Gasteiger partial charge in [-0.2, -0.15) is 0 Å². The third kappa shape index (κ3) is 5.14. The van der Waals surface area contributed by atoms with Crippen LogP contribution >= 0.6 is 0 Å². The number of aliphatic imine (C=N–C) groups is 1. The maximum absolute atomic E-state index is 5.73. The lowest BCUT2D eigenvalue weighted by Gasteiger charge is -2.14. The molecule has 0 amide bonds. The fourth-order valence-corrected chi connectivity index (χ4v) is 2.70. The molecular formula is C20H25N3O2. The zero-order chi connectivity index (χ0) is 17.3. The van der Waals surface area contributed by atoms with Crippen molar-refractivity contribution in [3.05, 3.63) is 54.1 Å². The summed E-state index contributed by atoms with van der Waals surface area (Å²) in [5.41, 5.74) is 2.29. The first-order valence-electron chi connectivity index (χ1n) is 8.76. The third-order valence-corrected chi connectivity index (χ3v) is 4.01. The van der Waals surface area contributed by atoms with Crippen LogP contribution in [-0.4, -0.2) is 32.8 Å². The first-order valence-corrected chi connectivity index (χ1v) is 8.76. The Kier molecular flexibility index (Phi) is 6.15. The minimum absolute atomic E-state index is 0.683. The Morgan fingerprint density at radius 2 is 1.84 bits per heavy atom. The summed E-state index contributed by atoms with van der Waals surface area (Å²) in [6.07, 6.45) is 3.00. The highest BCUT2D eigenvalue weighted by Gasteiger charge is 2.11. The molecule has 5 nitrogen and oxygen atoms in total. The SMILES string of the molecule is CN=C(NCCCc1ccccc1)Nc1ccc2c(c1)OCCCO2. The molecular weight excluding hydrogens is 314 g/mol. The summed E-state index contributed by atoms with van der Waals surface area (Å²) in [5, 5.41) is 6.65. The summed E-state index contributed by atoms with van der Waals surface area (Å²) < 4.78 is 11.4. The fraction of sp³-hybridized carbons (Fsp3) is 0.350. The summed E-state index contributed by atoms with van der Waals surface area (Å²) in [6.45, 7) is 2.24. The van der Waals surface area contributed by atoms with Crippen LogP contribution in [0, 0.1) is 0 Å². The van der Waals surface area contributed by atoms with Crippen molar-refractivity contribution in [2.75, 3.05) is 32.1 Å². The Hall–Kier alpha value is -2.69. The van der Waals surface area contributed by atoms with Crippen LogP contribution in [0.1, 0.15) is 18.4 Å². The lowest BCUT2D eigenvalue weighted by Crippen LogP contribution is -2.31. The second-order valence-corrected chi connectivity index (χ2v) is 5.93. The topological polar surface area (TPSA) is 54.9 Å². The van der Waals surface area contributed by atoms with E-state index < -0.39 is 0 Å². The lowest BCUT2D eigenvalue weighted by atomic mass is 10.1. The van der Waals surface area contributed by atoms with Crippen LogP contribution in [0.4, 0.5) is 5.69 Å². The molecule has 0 aromatic heterocycles. The maximum atomic E-state index is 5.73. The number of nitrogens with one attached hydrogen (secondary N) is 2. The number of nitrogens with zero attached hydrogens (tertiary/aromatic N) is 1. The van der Waals surface area contributed by atoms with Crippen LogP contribution in [0.5, 0.6) is 11.5 Å². The third-order valence-electron chi connectivity index (χ3n) is 4.01. The first kappa shape index (κ1) is 17.1. The van der Waals surface area contributed by atoms with Crippen molar-refractivity contribution in [3.63, 3.8) is 0 Å². The van der Waals surface area contributed by atoms with Crippen LogP contribution in [-0.2, 0) is 6.42 Å². The Bertz CT molecular complexity index is 701. The summed E-state index contributed by atoms with van der Waals surface area (Å²) in [5.74, 6) is 2.33. The van der Waals surface area contributed by atoms with Crippen molar-refractivity contribution in [2.24, 2.45) is 4.99 Å². The predicted octanol–water partition coefficient (Wildman–Crippen LogP) is 3.47. The zero-order valence-corrected chi connectivity index (χ0v) is 14.6. The fourth-order valence-electron chi connectivity index (χ4n) is 2.70. The van der Waals surface area contributed by atoms with E-state index in [1.807, 2.05) is 24.3 Å². The number of rotatable bonds is 5. The number of hydrogen-bond acceptors (Lipinski definition) is 3. The van der Waals surface area contributed by atoms with Gasteiger partial charge in [0.25, 0.3) is 0 Å². The normalized spacial score (nSPS) is 13.9. The van der Waals surface area contributed by atoms with Crippen molar-refractivity contribution in [1.82, 2.24) is 5.32 Å². The van der Waals surface area contributed by atoms with E-state index >= 15 is 0 Å². The molecule has 1 aliphatic heterocycles. The summed E-state index contributed by atoms with van der Waals surface area (Å²) in [7, 11) is 1.77. The molecule has 0 saturated carbocycles. The van der Waals surface area contributed by atoms with E-state index in [1.54, 1.807) is 7.05 Å². The van der Waals surface area contributed by atoms with Gasteiger partial charge in [-0.25, -0.2) is 0 Å². The molecule has 0 radical (unpaired) electrons. The van der Waals surface area contributed by atoms with Crippen molar-refractivity contribution in [3.8, 4) is 11.5 Å². The molecule has 2 N–H and O–H groups in total. The summed E-state index contributed by atoms with van der Waals surface area (Å²) >= 11 is 0. The second-order valence-electron chi connectivity index (χ2n) is 5.93. The molecule has 132 valence electrons. The van der Waals surface area contributed by atoms with E-state index in [1.165, 1.54) is 5.56 Å². The van der Waals surface area contributed by atoms with Crippen LogP contribution in [0.25, 0.3) is 0 Å². The predicted molar refractivity (Wildman–Crippen MR) is 102 cm³/mol. The standard InChI is InChI=1S/C20H25N3O2/c1-21-20(22-12-5-9-16-7-3-2-4-8-16)23-17-10-11-18-19(15-17)25-14-6-13-24-18/h2-4,7-8,10-11,15H,5-6,9,12-14H2,1H3,(H2,21,22,23). The molecule has 25 heavy (non-hydrogen) atoms. The van der Waals surface area contributed by atoms with Crippen molar-refractivity contribution in [2.45, 2.75) is 19.3 Å². The monoisotopic (exact) mass is 339 g/mol. The highest BCUT2D eigenvalue weighted by Crippen LogP contribution is 2.32. The minimum atomic E-state index is 0.683. The molecule has 0 aliphatic carbocycles. The van der Waals surface area contributed by atoms with Gasteiger partial charge in [0.1, 0.15) is 0 Å². The van der Waals surface area contributed by atoms with Gasteiger partial charge in [-0.05, 0) is 30.5 Å². The highest BCUT2D eigenvalue weighted by atomic mass is 16.5. The van der Waals surface area contributed by atoms with E-state index in [0.29, 0.717) is 13.2 Å². The zero-order valence-electron chi connectivity index (χ0n) is 14.6. The molecule has 1 heterocycles. The number of fused-ring (bicyclic) bond motifs is 1. The average molecular weight is 339 g/mol. The lowest BCUT2D eigenvalue weighted by molar-refractivity contribution is 0.297. The molecule has 3 rings (SSSR count). The van der Waals surface area contributed by atoms with Crippen LogP contribution in [0.15, 0.2) is 53.5 Å². The number of anilines is 1. The van der Waals surface area contributed by atoms with Crippen LogP contribution in [0.2, 0.25) is 0 Å². The van der Waals surface area contributed by atoms with Crippen LogP contribution in [0.3, 0.4) is 0 Å². The number of hydrogen-bond donors (Lipinski definition) is 2. The van der Waals surface area contributed by atoms with Gasteiger partial charge in [0.2, 0.25) is 0 Å². The molecule has 1 aliphatic rings. The van der Waals surface area contributed by atoms with Gasteiger partial charge in [0, 0.05) is 31.8 Å². The molecule has 0 saturated heterocycles. The van der Waals surface area contributed by atoms with Crippen LogP contribution < -0.4 is 20.1 Å². The molecule has 2 aromatic carbocycles. The van der Waals surface area contributed by atoms with Gasteiger partial charge in [-0.3, -0.25) is 4.99 Å². The van der Waals surface area contributed by atoms with Crippen molar-refractivity contribution >= 4 is 11.6 Å². The van der Waals surface area contributed by atoms with Gasteiger partial charge in [-0.1, -0.05) is 30.3 Å². The summed E-state index contributed by atoms with van der Waals surface area (Å²) in [4.78, 5) is 4.28. The maximum Gasteiger partial charge on any atom is 0.195 e. The highest BCUT2D eigenvalue weighted by molar-refractivity contribution is 5.93. The Morgan fingerprint density at radius 1 is 1.04 bits per heavy atom. The van der Waals surface area contributed by atoms with Gasteiger partial charge in [-0.15, -0.1) is 0 Å². The van der Waals surface area contributed by atoms with Crippen molar-refractivity contribution < 1.29 is 9.47 Å². The van der Waals surface area contributed by atoms with E-state index in [-0.39, 0.29) is 0 Å². The number of benzene rings is 2. The molecule has 5 heteroatoms. The Morgan fingerprint density at radius 3 is 2.64 bits per heavy atom. The summed E-state index contributed by atoms with van der Waals surface area (Å²) in [6, 6.07) is 16.4. The molecule has 0 spiro atoms. The largest absolute Gasteiger partial charge is 0.490 e. The molecule has 0 atom stereocenters. The van der Waals surface area contributed by atoms with Crippen molar-refractivity contribution in [1.29, 1.82) is 0 Å². The minimum Gasteiger partial charge on any atom is -0.490 e. The number of ether oxygens (including phenoxy) is 2. The Labute approximate surface area is 149 Å². The average Bonchev–Trinajstić information content (AvgIpc) is 2.90. The Balaban J connectivity index is 1.49. The van der Waals surface area contributed by atoms with E-state index in [9.17, 15) is 0 Å². The van der Waals surface area contributed by atoms with E-state index in [2.05, 4.69) is 39.9 Å². The van der Waals surface area contributed by atoms with Gasteiger partial charge < -0.3 is 20.1 Å². The second kappa shape index (κ2) is 8.97. The number of aryl methyl sites for hydroxylation is 1.